The molecule has 0 spiro atoms. The van der Waals surface area contributed by atoms with Gasteiger partial charge in [0.15, 0.2) is 0 Å². The number of aromatic nitrogens is 3. The molecule has 1 saturated heterocycles. The first-order valence-corrected chi connectivity index (χ1v) is 8.64. The molecule has 3 heterocycles. The third kappa shape index (κ3) is 3.35. The molecule has 0 bridgehead atoms. The van der Waals surface area contributed by atoms with Crippen molar-refractivity contribution in [2.75, 3.05) is 13.1 Å². The largest absolute Gasteiger partial charge is 0.364 e. The Morgan fingerprint density at radius 1 is 1.16 bits per heavy atom. The minimum absolute atomic E-state index is 0.225. The second-order valence-corrected chi connectivity index (χ2v) is 6.58. The van der Waals surface area contributed by atoms with Gasteiger partial charge in [-0.05, 0) is 44.0 Å². The third-order valence-corrected chi connectivity index (χ3v) is 5.10. The number of piperidine rings is 1. The van der Waals surface area contributed by atoms with Crippen LogP contribution in [0, 0.1) is 5.82 Å². The van der Waals surface area contributed by atoms with Gasteiger partial charge in [0.25, 0.3) is 0 Å². The summed E-state index contributed by atoms with van der Waals surface area (Å²) in [5, 5.41) is 4.05. The Hall–Kier alpha value is -2.47. The number of nitrogens with zero attached hydrogens (tertiary/aromatic N) is 4. The van der Waals surface area contributed by atoms with E-state index in [1.54, 1.807) is 18.4 Å². The van der Waals surface area contributed by atoms with Crippen molar-refractivity contribution >= 4 is 0 Å². The predicted molar refractivity (Wildman–Crippen MR) is 92.4 cm³/mol. The van der Waals surface area contributed by atoms with Gasteiger partial charge in [0.2, 0.25) is 0 Å². The van der Waals surface area contributed by atoms with Crippen LogP contribution in [0.3, 0.4) is 0 Å². The molecule has 0 unspecified atom stereocenters. The van der Waals surface area contributed by atoms with Gasteiger partial charge in [-0.3, -0.25) is 4.90 Å². The SMILES string of the molecule is C[C@@H](c1ccon1)N1CCC(n2cnc(-c3ccc(F)cc3)c2)CC1. The summed E-state index contributed by atoms with van der Waals surface area (Å²) in [5.74, 6) is -0.225. The van der Waals surface area contributed by atoms with Crippen molar-refractivity contribution < 1.29 is 8.91 Å². The summed E-state index contributed by atoms with van der Waals surface area (Å²) in [7, 11) is 0. The van der Waals surface area contributed by atoms with E-state index in [0.717, 1.165) is 42.9 Å². The van der Waals surface area contributed by atoms with Crippen molar-refractivity contribution in [1.82, 2.24) is 19.6 Å². The van der Waals surface area contributed by atoms with Gasteiger partial charge in [0.05, 0.1) is 18.1 Å². The second-order valence-electron chi connectivity index (χ2n) is 6.58. The lowest BCUT2D eigenvalue weighted by atomic mass is 10.0. The van der Waals surface area contributed by atoms with Gasteiger partial charge in [-0.2, -0.15) is 0 Å². The summed E-state index contributed by atoms with van der Waals surface area (Å²) in [6, 6.07) is 9.13. The lowest BCUT2D eigenvalue weighted by Crippen LogP contribution is -2.36. The van der Waals surface area contributed by atoms with Crippen molar-refractivity contribution in [3.63, 3.8) is 0 Å². The predicted octanol–water partition coefficient (Wildman–Crippen LogP) is 4.08. The highest BCUT2D eigenvalue weighted by Crippen LogP contribution is 2.29. The monoisotopic (exact) mass is 340 g/mol. The molecule has 3 aromatic rings. The van der Waals surface area contributed by atoms with Crippen molar-refractivity contribution in [3.8, 4) is 11.3 Å². The standard InChI is InChI=1S/C19H21FN4O/c1-14(18-8-11-25-22-18)23-9-6-17(7-10-23)24-12-19(21-13-24)15-2-4-16(20)5-3-15/h2-5,8,11-14,17H,6-7,9-10H2,1H3/t14-/m0/s1. The van der Waals surface area contributed by atoms with Crippen molar-refractivity contribution in [1.29, 1.82) is 0 Å². The highest BCUT2D eigenvalue weighted by atomic mass is 19.1. The zero-order valence-electron chi connectivity index (χ0n) is 14.2. The van der Waals surface area contributed by atoms with Gasteiger partial charge in [-0.25, -0.2) is 9.37 Å². The minimum atomic E-state index is -0.225. The number of hydrogen-bond acceptors (Lipinski definition) is 4. The molecule has 25 heavy (non-hydrogen) atoms. The second kappa shape index (κ2) is 6.80. The maximum absolute atomic E-state index is 13.1. The fourth-order valence-electron chi connectivity index (χ4n) is 3.50. The van der Waals surface area contributed by atoms with Gasteiger partial charge in [-0.1, -0.05) is 5.16 Å². The molecule has 0 amide bonds. The molecule has 0 N–H and O–H groups in total. The maximum Gasteiger partial charge on any atom is 0.124 e. The lowest BCUT2D eigenvalue weighted by Gasteiger charge is -2.35. The number of benzene rings is 1. The van der Waals surface area contributed by atoms with E-state index in [0.29, 0.717) is 6.04 Å². The maximum atomic E-state index is 13.1. The first-order chi connectivity index (χ1) is 12.2. The fourth-order valence-corrected chi connectivity index (χ4v) is 3.50. The van der Waals surface area contributed by atoms with Crippen LogP contribution in [-0.2, 0) is 0 Å². The molecule has 0 aliphatic carbocycles. The highest BCUT2D eigenvalue weighted by Gasteiger charge is 2.25. The van der Waals surface area contributed by atoms with E-state index in [1.807, 2.05) is 12.4 Å². The molecule has 0 radical (unpaired) electrons. The van der Waals surface area contributed by atoms with E-state index in [4.69, 9.17) is 4.52 Å². The van der Waals surface area contributed by atoms with Gasteiger partial charge < -0.3 is 9.09 Å². The molecule has 1 fully saturated rings. The fraction of sp³-hybridized carbons (Fsp3) is 0.368. The highest BCUT2D eigenvalue weighted by molar-refractivity contribution is 5.57. The Morgan fingerprint density at radius 2 is 1.92 bits per heavy atom. The van der Waals surface area contributed by atoms with Crippen LogP contribution >= 0.6 is 0 Å². The van der Waals surface area contributed by atoms with E-state index in [9.17, 15) is 4.39 Å². The Bertz CT molecular complexity index is 804. The zero-order chi connectivity index (χ0) is 17.2. The number of likely N-dealkylation sites (tertiary alicyclic amines) is 1. The number of hydrogen-bond donors (Lipinski definition) is 0. The third-order valence-electron chi connectivity index (χ3n) is 5.10. The average Bonchev–Trinajstić information content (AvgIpc) is 3.34. The first kappa shape index (κ1) is 16.0. The van der Waals surface area contributed by atoms with Crippen LogP contribution in [0.25, 0.3) is 11.3 Å². The van der Waals surface area contributed by atoms with Gasteiger partial charge in [0.1, 0.15) is 17.8 Å². The quantitative estimate of drug-likeness (QED) is 0.718. The van der Waals surface area contributed by atoms with Crippen molar-refractivity contribution in [2.24, 2.45) is 0 Å². The van der Waals surface area contributed by atoms with E-state index < -0.39 is 0 Å². The molecular weight excluding hydrogens is 319 g/mol. The Balaban J connectivity index is 1.40. The molecule has 1 aromatic carbocycles. The minimum Gasteiger partial charge on any atom is -0.364 e. The van der Waals surface area contributed by atoms with Crippen LogP contribution in [-0.4, -0.2) is 32.7 Å². The summed E-state index contributed by atoms with van der Waals surface area (Å²) in [5.41, 5.74) is 2.82. The van der Waals surface area contributed by atoms with E-state index in [1.165, 1.54) is 12.1 Å². The molecule has 1 atom stereocenters. The molecule has 1 aliphatic heterocycles. The number of halogens is 1. The van der Waals surface area contributed by atoms with Crippen LogP contribution in [0.4, 0.5) is 4.39 Å². The topological polar surface area (TPSA) is 47.1 Å². The summed E-state index contributed by atoms with van der Waals surface area (Å²) >= 11 is 0. The summed E-state index contributed by atoms with van der Waals surface area (Å²) in [6.45, 7) is 4.20. The molecule has 0 saturated carbocycles. The summed E-state index contributed by atoms with van der Waals surface area (Å²) in [4.78, 5) is 6.93. The van der Waals surface area contributed by atoms with Gasteiger partial charge >= 0.3 is 0 Å². The molecule has 5 nitrogen and oxygen atoms in total. The summed E-state index contributed by atoms with van der Waals surface area (Å²) in [6.07, 6.45) is 7.72. The summed E-state index contributed by atoms with van der Waals surface area (Å²) < 4.78 is 20.2. The van der Waals surface area contributed by atoms with Crippen molar-refractivity contribution in [3.05, 3.63) is 60.6 Å². The number of imidazole rings is 1. The Morgan fingerprint density at radius 3 is 2.60 bits per heavy atom. The normalized spacial score (nSPS) is 17.7. The number of rotatable bonds is 4. The molecule has 4 rings (SSSR count). The first-order valence-electron chi connectivity index (χ1n) is 8.64. The smallest absolute Gasteiger partial charge is 0.124 e. The molecule has 6 heteroatoms. The van der Waals surface area contributed by atoms with Crippen LogP contribution in [0.2, 0.25) is 0 Å². The molecular formula is C19H21FN4O. The van der Waals surface area contributed by atoms with Crippen LogP contribution in [0.15, 0.2) is 53.6 Å². The van der Waals surface area contributed by atoms with Gasteiger partial charge in [0, 0.05) is 37.0 Å². The van der Waals surface area contributed by atoms with E-state index >= 15 is 0 Å². The molecule has 1 aliphatic rings. The Kier molecular flexibility index (Phi) is 4.36. The van der Waals surface area contributed by atoms with Crippen LogP contribution in [0.5, 0.6) is 0 Å². The van der Waals surface area contributed by atoms with Gasteiger partial charge in [-0.15, -0.1) is 0 Å². The van der Waals surface area contributed by atoms with E-state index in [-0.39, 0.29) is 11.9 Å². The molecule has 2 aromatic heterocycles. The zero-order valence-corrected chi connectivity index (χ0v) is 14.2. The average molecular weight is 340 g/mol. The van der Waals surface area contributed by atoms with Crippen LogP contribution < -0.4 is 0 Å². The lowest BCUT2D eigenvalue weighted by molar-refractivity contribution is 0.139. The van der Waals surface area contributed by atoms with E-state index in [2.05, 4.69) is 32.7 Å². The Labute approximate surface area is 146 Å². The van der Waals surface area contributed by atoms with Crippen molar-refractivity contribution in [2.45, 2.75) is 31.8 Å². The van der Waals surface area contributed by atoms with Crippen LogP contribution in [0.1, 0.15) is 37.5 Å². The molecule has 130 valence electrons.